The first-order valence-corrected chi connectivity index (χ1v) is 6.12. The van der Waals surface area contributed by atoms with E-state index in [4.69, 9.17) is 5.84 Å². The van der Waals surface area contributed by atoms with E-state index in [0.717, 1.165) is 10.9 Å². The monoisotopic (exact) mass is 264 g/mol. The smallest absolute Gasteiger partial charge is 0.266 e. The van der Waals surface area contributed by atoms with Gasteiger partial charge in [-0.15, -0.1) is 10.2 Å². The van der Waals surface area contributed by atoms with Crippen LogP contribution in [0.4, 0.5) is 0 Å². The molecule has 2 rings (SSSR count). The third kappa shape index (κ3) is 2.84. The van der Waals surface area contributed by atoms with Crippen molar-refractivity contribution in [1.29, 1.82) is 0 Å². The molecule has 1 amide bonds. The van der Waals surface area contributed by atoms with E-state index in [1.807, 2.05) is 11.6 Å². The molecule has 0 unspecified atom stereocenters. The predicted molar refractivity (Wildman–Crippen MR) is 66.5 cm³/mol. The number of aryl methyl sites for hydroxylation is 1. The lowest BCUT2D eigenvalue weighted by Crippen LogP contribution is -2.30. The second-order valence-corrected chi connectivity index (χ2v) is 4.47. The fourth-order valence-electron chi connectivity index (χ4n) is 1.27. The molecule has 0 bridgehead atoms. The SMILES string of the molecule is Cn1cnnc1SCc1ccc(C(=O)NN)cn1. The molecule has 0 atom stereocenters. The Kier molecular flexibility index (Phi) is 3.90. The minimum Gasteiger partial charge on any atom is -0.312 e. The van der Waals surface area contributed by atoms with Gasteiger partial charge in [0.2, 0.25) is 0 Å². The van der Waals surface area contributed by atoms with Crippen LogP contribution in [0.5, 0.6) is 0 Å². The lowest BCUT2D eigenvalue weighted by molar-refractivity contribution is 0.0953. The van der Waals surface area contributed by atoms with Gasteiger partial charge in [-0.3, -0.25) is 15.2 Å². The van der Waals surface area contributed by atoms with E-state index in [1.54, 1.807) is 18.5 Å². The molecule has 8 heteroatoms. The van der Waals surface area contributed by atoms with E-state index in [1.165, 1.54) is 18.0 Å². The second kappa shape index (κ2) is 5.61. The van der Waals surface area contributed by atoms with Crippen molar-refractivity contribution in [2.24, 2.45) is 12.9 Å². The van der Waals surface area contributed by atoms with Crippen LogP contribution in [0.1, 0.15) is 16.1 Å². The minimum absolute atomic E-state index is 0.352. The summed E-state index contributed by atoms with van der Waals surface area (Å²) in [5.74, 6) is 5.34. The second-order valence-electron chi connectivity index (χ2n) is 3.52. The Morgan fingerprint density at radius 2 is 2.39 bits per heavy atom. The van der Waals surface area contributed by atoms with Crippen molar-refractivity contribution < 1.29 is 4.79 Å². The van der Waals surface area contributed by atoms with Crippen LogP contribution in [-0.4, -0.2) is 25.7 Å². The van der Waals surface area contributed by atoms with Gasteiger partial charge in [-0.2, -0.15) is 0 Å². The van der Waals surface area contributed by atoms with Crippen LogP contribution in [0.15, 0.2) is 29.8 Å². The maximum absolute atomic E-state index is 11.2. The van der Waals surface area contributed by atoms with Crippen LogP contribution in [-0.2, 0) is 12.8 Å². The highest BCUT2D eigenvalue weighted by Gasteiger charge is 2.06. The molecule has 0 spiro atoms. The first-order chi connectivity index (χ1) is 8.70. The highest BCUT2D eigenvalue weighted by atomic mass is 32.2. The molecule has 18 heavy (non-hydrogen) atoms. The number of carbonyl (C=O) groups excluding carboxylic acids is 1. The molecule has 0 aromatic carbocycles. The maximum Gasteiger partial charge on any atom is 0.266 e. The van der Waals surface area contributed by atoms with Crippen molar-refractivity contribution in [3.8, 4) is 0 Å². The molecule has 0 radical (unpaired) electrons. The molecule has 0 fully saturated rings. The maximum atomic E-state index is 11.2. The number of hydrogen-bond acceptors (Lipinski definition) is 6. The van der Waals surface area contributed by atoms with Gasteiger partial charge in [0, 0.05) is 19.0 Å². The highest BCUT2D eigenvalue weighted by molar-refractivity contribution is 7.98. The Morgan fingerprint density at radius 1 is 1.56 bits per heavy atom. The van der Waals surface area contributed by atoms with Crippen molar-refractivity contribution in [3.63, 3.8) is 0 Å². The number of carbonyl (C=O) groups is 1. The average molecular weight is 264 g/mol. The molecule has 0 saturated heterocycles. The summed E-state index contributed by atoms with van der Waals surface area (Å²) in [6.45, 7) is 0. The minimum atomic E-state index is -0.352. The van der Waals surface area contributed by atoms with Gasteiger partial charge in [0.15, 0.2) is 5.16 Å². The summed E-state index contributed by atoms with van der Waals surface area (Å²) in [5, 5.41) is 8.56. The molecule has 2 heterocycles. The number of rotatable bonds is 4. The summed E-state index contributed by atoms with van der Waals surface area (Å²) in [7, 11) is 1.88. The van der Waals surface area contributed by atoms with Gasteiger partial charge in [0.05, 0.1) is 11.3 Å². The Labute approximate surface area is 108 Å². The van der Waals surface area contributed by atoms with Gasteiger partial charge in [-0.1, -0.05) is 11.8 Å². The molecule has 0 aliphatic heterocycles. The number of amides is 1. The number of nitrogens with one attached hydrogen (secondary N) is 1. The molecule has 2 aromatic heterocycles. The number of nitrogens with two attached hydrogens (primary N) is 1. The van der Waals surface area contributed by atoms with Crippen LogP contribution in [0.3, 0.4) is 0 Å². The number of pyridine rings is 1. The number of thioether (sulfide) groups is 1. The summed E-state index contributed by atoms with van der Waals surface area (Å²) in [5.41, 5.74) is 3.35. The van der Waals surface area contributed by atoms with Gasteiger partial charge in [-0.05, 0) is 12.1 Å². The van der Waals surface area contributed by atoms with Gasteiger partial charge >= 0.3 is 0 Å². The molecule has 2 aromatic rings. The zero-order valence-corrected chi connectivity index (χ0v) is 10.5. The largest absolute Gasteiger partial charge is 0.312 e. The molecular formula is C10H12N6OS. The van der Waals surface area contributed by atoms with E-state index in [-0.39, 0.29) is 5.91 Å². The summed E-state index contributed by atoms with van der Waals surface area (Å²) in [6, 6.07) is 3.47. The van der Waals surface area contributed by atoms with Crippen LogP contribution in [0.25, 0.3) is 0 Å². The number of nitrogens with zero attached hydrogens (tertiary/aromatic N) is 4. The third-order valence-corrected chi connectivity index (χ3v) is 3.30. The number of nitrogen functional groups attached to an aromatic ring is 1. The third-order valence-electron chi connectivity index (χ3n) is 2.24. The number of hydrazine groups is 1. The first kappa shape index (κ1) is 12.5. The van der Waals surface area contributed by atoms with Crippen molar-refractivity contribution >= 4 is 17.7 Å². The lowest BCUT2D eigenvalue weighted by Gasteiger charge is -2.02. The van der Waals surface area contributed by atoms with Gasteiger partial charge in [0.1, 0.15) is 6.33 Å². The normalized spacial score (nSPS) is 10.3. The van der Waals surface area contributed by atoms with E-state index in [2.05, 4.69) is 20.6 Å². The van der Waals surface area contributed by atoms with E-state index in [0.29, 0.717) is 11.3 Å². The molecule has 94 valence electrons. The highest BCUT2D eigenvalue weighted by Crippen LogP contribution is 2.18. The van der Waals surface area contributed by atoms with E-state index in [9.17, 15) is 4.79 Å². The Hall–Kier alpha value is -1.93. The Morgan fingerprint density at radius 3 is 2.94 bits per heavy atom. The molecule has 7 nitrogen and oxygen atoms in total. The molecule has 0 aliphatic rings. The predicted octanol–water partition coefficient (Wildman–Crippen LogP) is 0.106. The molecule has 0 aliphatic carbocycles. The molecule has 0 saturated carbocycles. The zero-order valence-electron chi connectivity index (χ0n) is 9.70. The number of aromatic nitrogens is 4. The van der Waals surface area contributed by atoms with Gasteiger partial charge < -0.3 is 4.57 Å². The zero-order chi connectivity index (χ0) is 13.0. The number of hydrogen-bond donors (Lipinski definition) is 2. The first-order valence-electron chi connectivity index (χ1n) is 5.13. The van der Waals surface area contributed by atoms with Crippen molar-refractivity contribution in [2.75, 3.05) is 0 Å². The van der Waals surface area contributed by atoms with Gasteiger partial charge in [-0.25, -0.2) is 5.84 Å². The summed E-state index contributed by atoms with van der Waals surface area (Å²) in [6.07, 6.45) is 3.14. The van der Waals surface area contributed by atoms with Crippen molar-refractivity contribution in [2.45, 2.75) is 10.9 Å². The van der Waals surface area contributed by atoms with Crippen LogP contribution in [0, 0.1) is 0 Å². The fraction of sp³-hybridized carbons (Fsp3) is 0.200. The summed E-state index contributed by atoms with van der Waals surface area (Å²) < 4.78 is 1.83. The van der Waals surface area contributed by atoms with Crippen molar-refractivity contribution in [1.82, 2.24) is 25.2 Å². The summed E-state index contributed by atoms with van der Waals surface area (Å²) >= 11 is 1.53. The summed E-state index contributed by atoms with van der Waals surface area (Å²) in [4.78, 5) is 15.4. The Balaban J connectivity index is 1.98. The van der Waals surface area contributed by atoms with Gasteiger partial charge in [0.25, 0.3) is 5.91 Å². The Bertz CT molecular complexity index is 538. The topological polar surface area (TPSA) is 98.7 Å². The fourth-order valence-corrected chi connectivity index (χ4v) is 2.07. The molecule has 3 N–H and O–H groups in total. The standard InChI is InChI=1S/C10H12N6OS/c1-16-6-13-15-10(16)18-5-8-3-2-7(4-12-8)9(17)14-11/h2-4,6H,5,11H2,1H3,(H,14,17). The van der Waals surface area contributed by atoms with E-state index >= 15 is 0 Å². The van der Waals surface area contributed by atoms with Crippen LogP contribution < -0.4 is 11.3 Å². The van der Waals surface area contributed by atoms with E-state index < -0.39 is 0 Å². The van der Waals surface area contributed by atoms with Crippen molar-refractivity contribution in [3.05, 3.63) is 35.9 Å². The quantitative estimate of drug-likeness (QED) is 0.352. The molecular weight excluding hydrogens is 252 g/mol. The average Bonchev–Trinajstić information content (AvgIpc) is 2.81. The van der Waals surface area contributed by atoms with Crippen LogP contribution >= 0.6 is 11.8 Å². The lowest BCUT2D eigenvalue weighted by atomic mass is 10.2. The van der Waals surface area contributed by atoms with Crippen LogP contribution in [0.2, 0.25) is 0 Å².